The van der Waals surface area contributed by atoms with E-state index in [4.69, 9.17) is 0 Å². The summed E-state index contributed by atoms with van der Waals surface area (Å²) >= 11 is 0. The maximum absolute atomic E-state index is 12.5. The number of benzene rings is 2. The van der Waals surface area contributed by atoms with Crippen molar-refractivity contribution in [1.29, 1.82) is 0 Å². The highest BCUT2D eigenvalue weighted by molar-refractivity contribution is 5.94. The van der Waals surface area contributed by atoms with Crippen LogP contribution in [-0.4, -0.2) is 15.5 Å². The minimum Gasteiger partial charge on any atom is -0.346 e. The standard InChI is InChI=1S/C21H23N3O/c1-15-4-5-16(2)20(12-15)17(3)23-21(25)19-8-6-18(7-9-19)13-24-11-10-22-14-24/h4-12,14,17H,13H2,1-3H3,(H,23,25). The van der Waals surface area contributed by atoms with Gasteiger partial charge in [-0.3, -0.25) is 4.79 Å². The number of aromatic nitrogens is 2. The Bertz CT molecular complexity index is 851. The van der Waals surface area contributed by atoms with Crippen LogP contribution in [0.15, 0.2) is 61.2 Å². The summed E-state index contributed by atoms with van der Waals surface area (Å²) in [5, 5.41) is 3.09. The van der Waals surface area contributed by atoms with Crippen molar-refractivity contribution in [1.82, 2.24) is 14.9 Å². The van der Waals surface area contributed by atoms with Gasteiger partial charge in [-0.05, 0) is 49.6 Å². The van der Waals surface area contributed by atoms with Gasteiger partial charge in [-0.1, -0.05) is 35.9 Å². The molecule has 0 saturated heterocycles. The van der Waals surface area contributed by atoms with Crippen molar-refractivity contribution in [3.8, 4) is 0 Å². The molecule has 0 saturated carbocycles. The quantitative estimate of drug-likeness (QED) is 0.766. The Balaban J connectivity index is 1.67. The molecular weight excluding hydrogens is 310 g/mol. The van der Waals surface area contributed by atoms with Gasteiger partial charge in [0.2, 0.25) is 0 Å². The van der Waals surface area contributed by atoms with Gasteiger partial charge < -0.3 is 9.88 Å². The second-order valence-corrected chi connectivity index (χ2v) is 6.49. The number of amides is 1. The lowest BCUT2D eigenvalue weighted by Crippen LogP contribution is -2.27. The molecule has 0 aliphatic heterocycles. The number of imidazole rings is 1. The number of aryl methyl sites for hydroxylation is 2. The first-order valence-corrected chi connectivity index (χ1v) is 8.45. The van der Waals surface area contributed by atoms with Crippen LogP contribution in [0.3, 0.4) is 0 Å². The van der Waals surface area contributed by atoms with E-state index in [0.29, 0.717) is 5.56 Å². The van der Waals surface area contributed by atoms with Gasteiger partial charge >= 0.3 is 0 Å². The van der Waals surface area contributed by atoms with Crippen LogP contribution in [0.2, 0.25) is 0 Å². The number of hydrogen-bond donors (Lipinski definition) is 1. The lowest BCUT2D eigenvalue weighted by Gasteiger charge is -2.17. The minimum atomic E-state index is -0.0532. The van der Waals surface area contributed by atoms with E-state index >= 15 is 0 Å². The molecule has 0 radical (unpaired) electrons. The van der Waals surface area contributed by atoms with Crippen LogP contribution in [0.25, 0.3) is 0 Å². The minimum absolute atomic E-state index is 0.0296. The van der Waals surface area contributed by atoms with E-state index in [1.807, 2.05) is 42.0 Å². The van der Waals surface area contributed by atoms with Crippen LogP contribution in [0, 0.1) is 13.8 Å². The summed E-state index contributed by atoms with van der Waals surface area (Å²) in [5.41, 5.74) is 5.35. The monoisotopic (exact) mass is 333 g/mol. The largest absolute Gasteiger partial charge is 0.346 e. The number of carbonyl (C=O) groups excluding carboxylic acids is 1. The predicted octanol–water partition coefficient (Wildman–Crippen LogP) is 4.04. The normalized spacial score (nSPS) is 12.0. The molecule has 0 bridgehead atoms. The first kappa shape index (κ1) is 17.0. The maximum atomic E-state index is 12.5. The molecule has 1 N–H and O–H groups in total. The zero-order valence-electron chi connectivity index (χ0n) is 14.9. The lowest BCUT2D eigenvalue weighted by atomic mass is 9.99. The SMILES string of the molecule is Cc1ccc(C)c(C(C)NC(=O)c2ccc(Cn3ccnc3)cc2)c1. The Kier molecular flexibility index (Phi) is 4.98. The number of rotatable bonds is 5. The Hall–Kier alpha value is -2.88. The molecule has 1 unspecified atom stereocenters. The van der Waals surface area contributed by atoms with E-state index in [0.717, 1.165) is 17.7 Å². The highest BCUT2D eigenvalue weighted by Gasteiger charge is 2.13. The molecule has 4 nitrogen and oxygen atoms in total. The first-order chi connectivity index (χ1) is 12.0. The van der Waals surface area contributed by atoms with E-state index in [1.54, 1.807) is 12.5 Å². The highest BCUT2D eigenvalue weighted by Crippen LogP contribution is 2.19. The molecule has 25 heavy (non-hydrogen) atoms. The van der Waals surface area contributed by atoms with Gasteiger partial charge in [0.05, 0.1) is 12.4 Å². The summed E-state index contributed by atoms with van der Waals surface area (Å²) < 4.78 is 2.00. The van der Waals surface area contributed by atoms with Gasteiger partial charge in [-0.25, -0.2) is 4.98 Å². The number of nitrogens with one attached hydrogen (secondary N) is 1. The van der Waals surface area contributed by atoms with Gasteiger partial charge in [0.1, 0.15) is 0 Å². The van der Waals surface area contributed by atoms with E-state index in [2.05, 4.69) is 42.3 Å². The Morgan fingerprint density at radius 1 is 1.16 bits per heavy atom. The van der Waals surface area contributed by atoms with Crippen LogP contribution in [0.1, 0.15) is 45.6 Å². The molecule has 3 aromatic rings. The van der Waals surface area contributed by atoms with Crippen LogP contribution >= 0.6 is 0 Å². The molecule has 0 spiro atoms. The zero-order valence-corrected chi connectivity index (χ0v) is 14.9. The maximum Gasteiger partial charge on any atom is 0.251 e. The fraction of sp³-hybridized carbons (Fsp3) is 0.238. The summed E-state index contributed by atoms with van der Waals surface area (Å²) in [5.74, 6) is -0.0532. The molecular formula is C21H23N3O. The van der Waals surface area contributed by atoms with Crippen LogP contribution in [0.5, 0.6) is 0 Å². The summed E-state index contributed by atoms with van der Waals surface area (Å²) in [4.78, 5) is 16.6. The second kappa shape index (κ2) is 7.34. The third-order valence-electron chi connectivity index (χ3n) is 4.39. The summed E-state index contributed by atoms with van der Waals surface area (Å²) in [6.07, 6.45) is 5.47. The third-order valence-corrected chi connectivity index (χ3v) is 4.39. The molecule has 3 rings (SSSR count). The lowest BCUT2D eigenvalue weighted by molar-refractivity contribution is 0.0940. The van der Waals surface area contributed by atoms with Crippen molar-refractivity contribution >= 4 is 5.91 Å². The third kappa shape index (κ3) is 4.15. The van der Waals surface area contributed by atoms with Crippen LogP contribution in [0.4, 0.5) is 0 Å². The smallest absolute Gasteiger partial charge is 0.251 e. The van der Waals surface area contributed by atoms with Crippen molar-refractivity contribution < 1.29 is 4.79 Å². The second-order valence-electron chi connectivity index (χ2n) is 6.49. The van der Waals surface area contributed by atoms with E-state index in [1.165, 1.54) is 11.1 Å². The molecule has 2 aromatic carbocycles. The van der Waals surface area contributed by atoms with Gasteiger partial charge in [-0.15, -0.1) is 0 Å². The Labute approximate surface area is 148 Å². The van der Waals surface area contributed by atoms with Crippen molar-refractivity contribution in [2.45, 2.75) is 33.4 Å². The summed E-state index contributed by atoms with van der Waals surface area (Å²) in [6, 6.07) is 14.0. The topological polar surface area (TPSA) is 46.9 Å². The predicted molar refractivity (Wildman–Crippen MR) is 99.6 cm³/mol. The van der Waals surface area contributed by atoms with Crippen molar-refractivity contribution in [3.05, 3.63) is 89.0 Å². The number of nitrogens with zero attached hydrogens (tertiary/aromatic N) is 2. The van der Waals surface area contributed by atoms with Gasteiger partial charge in [0.15, 0.2) is 0 Å². The van der Waals surface area contributed by atoms with Crippen molar-refractivity contribution in [2.75, 3.05) is 0 Å². The highest BCUT2D eigenvalue weighted by atomic mass is 16.1. The number of carbonyl (C=O) groups is 1. The van der Waals surface area contributed by atoms with E-state index in [9.17, 15) is 4.79 Å². The van der Waals surface area contributed by atoms with E-state index < -0.39 is 0 Å². The molecule has 1 atom stereocenters. The molecule has 0 fully saturated rings. The molecule has 1 heterocycles. The summed E-state index contributed by atoms with van der Waals surface area (Å²) in [6.45, 7) is 6.91. The first-order valence-electron chi connectivity index (χ1n) is 8.45. The van der Waals surface area contributed by atoms with Gasteiger partial charge in [0, 0.05) is 24.5 Å². The molecule has 1 aromatic heterocycles. The van der Waals surface area contributed by atoms with Crippen molar-refractivity contribution in [3.63, 3.8) is 0 Å². The molecule has 0 aliphatic rings. The Morgan fingerprint density at radius 3 is 2.60 bits per heavy atom. The summed E-state index contributed by atoms with van der Waals surface area (Å²) in [7, 11) is 0. The Morgan fingerprint density at radius 2 is 1.92 bits per heavy atom. The average Bonchev–Trinajstić information content (AvgIpc) is 3.10. The molecule has 0 aliphatic carbocycles. The fourth-order valence-corrected chi connectivity index (χ4v) is 2.94. The van der Waals surface area contributed by atoms with Crippen LogP contribution < -0.4 is 5.32 Å². The molecule has 1 amide bonds. The fourth-order valence-electron chi connectivity index (χ4n) is 2.94. The zero-order chi connectivity index (χ0) is 17.8. The average molecular weight is 333 g/mol. The van der Waals surface area contributed by atoms with Crippen LogP contribution in [-0.2, 0) is 6.54 Å². The molecule has 128 valence electrons. The van der Waals surface area contributed by atoms with Crippen molar-refractivity contribution in [2.24, 2.45) is 0 Å². The van der Waals surface area contributed by atoms with Gasteiger partial charge in [-0.2, -0.15) is 0 Å². The van der Waals surface area contributed by atoms with Gasteiger partial charge in [0.25, 0.3) is 5.91 Å². The molecule has 4 heteroatoms. The number of hydrogen-bond acceptors (Lipinski definition) is 2. The van der Waals surface area contributed by atoms with E-state index in [-0.39, 0.29) is 11.9 Å².